The van der Waals surface area contributed by atoms with E-state index in [4.69, 9.17) is 0 Å². The third-order valence-electron chi connectivity index (χ3n) is 6.68. The fourth-order valence-electron chi connectivity index (χ4n) is 4.65. The van der Waals surface area contributed by atoms with Crippen LogP contribution >= 0.6 is 0 Å². The number of carbonyl (C=O) groups excluding carboxylic acids is 1. The molecule has 2 saturated heterocycles. The molecule has 2 fully saturated rings. The molecule has 9 heteroatoms. The predicted molar refractivity (Wildman–Crippen MR) is 131 cm³/mol. The summed E-state index contributed by atoms with van der Waals surface area (Å²) < 4.78 is 39.7. The maximum absolute atomic E-state index is 13.3. The van der Waals surface area contributed by atoms with Crippen molar-refractivity contribution in [3.05, 3.63) is 59.4 Å². The highest BCUT2D eigenvalue weighted by Crippen LogP contribution is 2.28. The summed E-state index contributed by atoms with van der Waals surface area (Å²) in [7, 11) is -0.663. The fraction of sp³-hybridized carbons (Fsp3) is 0.480. The molecule has 0 aliphatic carbocycles. The minimum atomic E-state index is -3.64. The van der Waals surface area contributed by atoms with Gasteiger partial charge >= 0.3 is 0 Å². The smallest absolute Gasteiger partial charge is 0.253 e. The van der Waals surface area contributed by atoms with Crippen molar-refractivity contribution in [2.75, 3.05) is 45.2 Å². The summed E-state index contributed by atoms with van der Waals surface area (Å²) in [6.45, 7) is 4.14. The summed E-state index contributed by atoms with van der Waals surface area (Å²) in [5.41, 5.74) is 2.28. The maximum atomic E-state index is 13.3. The molecule has 7 nitrogen and oxygen atoms in total. The molecule has 2 aromatic carbocycles. The van der Waals surface area contributed by atoms with Gasteiger partial charge in [0, 0.05) is 58.5 Å². The van der Waals surface area contributed by atoms with Crippen LogP contribution in [-0.4, -0.2) is 69.8 Å². The number of hydrogen-bond acceptors (Lipinski definition) is 5. The summed E-state index contributed by atoms with van der Waals surface area (Å²) >= 11 is 0. The van der Waals surface area contributed by atoms with E-state index in [1.54, 1.807) is 24.3 Å². The molecule has 34 heavy (non-hydrogen) atoms. The second-order valence-electron chi connectivity index (χ2n) is 9.31. The molecule has 2 aliphatic heterocycles. The molecule has 1 N–H and O–H groups in total. The minimum Gasteiger partial charge on any atom is -0.371 e. The van der Waals surface area contributed by atoms with Gasteiger partial charge < -0.3 is 10.2 Å². The summed E-state index contributed by atoms with van der Waals surface area (Å²) in [6, 6.07) is 11.5. The Bertz CT molecular complexity index is 1110. The van der Waals surface area contributed by atoms with Crippen molar-refractivity contribution >= 4 is 21.6 Å². The number of piperidine rings is 1. The monoisotopic (exact) mass is 488 g/mol. The molecule has 2 aromatic rings. The number of nitrogens with one attached hydrogen (secondary N) is 1. The first-order valence-corrected chi connectivity index (χ1v) is 13.3. The average molecular weight is 489 g/mol. The van der Waals surface area contributed by atoms with Crippen molar-refractivity contribution < 1.29 is 17.6 Å². The van der Waals surface area contributed by atoms with Gasteiger partial charge in [0.2, 0.25) is 10.0 Å². The van der Waals surface area contributed by atoms with E-state index < -0.39 is 10.0 Å². The number of benzene rings is 2. The van der Waals surface area contributed by atoms with Crippen LogP contribution in [0.5, 0.6) is 0 Å². The van der Waals surface area contributed by atoms with Gasteiger partial charge in [-0.1, -0.05) is 12.1 Å². The number of nitrogens with zero attached hydrogens (tertiary/aromatic N) is 3. The van der Waals surface area contributed by atoms with Crippen LogP contribution in [0.4, 0.5) is 10.1 Å². The molecule has 2 heterocycles. The zero-order valence-electron chi connectivity index (χ0n) is 19.8. The number of likely N-dealkylation sites (tertiary alicyclic amines) is 1. The normalized spacial score (nSPS) is 17.9. The SMILES string of the molecule is CN(C)S(=O)(=O)c1ccc(N2CCCC2)c(C(=O)NC2CCN(Cc3ccc(F)cc3)CC2)c1. The molecule has 184 valence electrons. The standard InChI is InChI=1S/C25H33FN4O3S/c1-28(2)34(32,33)22-9-10-24(30-13-3-4-14-30)23(17-22)25(31)27-21-11-15-29(16-12-21)18-19-5-7-20(26)8-6-19/h5-10,17,21H,3-4,11-16,18H2,1-2H3,(H,27,31). The van der Waals surface area contributed by atoms with Gasteiger partial charge in [-0.25, -0.2) is 17.1 Å². The summed E-state index contributed by atoms with van der Waals surface area (Å²) in [4.78, 5) is 17.9. The van der Waals surface area contributed by atoms with Crippen molar-refractivity contribution in [3.63, 3.8) is 0 Å². The Balaban J connectivity index is 1.45. The third-order valence-corrected chi connectivity index (χ3v) is 8.49. The zero-order valence-corrected chi connectivity index (χ0v) is 20.7. The Kier molecular flexibility index (Phi) is 7.54. The Labute approximate surface area is 201 Å². The van der Waals surface area contributed by atoms with Crippen molar-refractivity contribution in [1.82, 2.24) is 14.5 Å². The average Bonchev–Trinajstić information content (AvgIpc) is 3.36. The third kappa shape index (κ3) is 5.59. The fourth-order valence-corrected chi connectivity index (χ4v) is 5.58. The number of halogens is 1. The van der Waals surface area contributed by atoms with Crippen LogP contribution < -0.4 is 10.2 Å². The maximum Gasteiger partial charge on any atom is 0.253 e. The molecular formula is C25H33FN4O3S. The van der Waals surface area contributed by atoms with Crippen molar-refractivity contribution in [2.45, 2.75) is 43.2 Å². The topological polar surface area (TPSA) is 73.0 Å². The second-order valence-corrected chi connectivity index (χ2v) is 11.5. The molecule has 0 atom stereocenters. The summed E-state index contributed by atoms with van der Waals surface area (Å²) in [6.07, 6.45) is 3.74. The predicted octanol–water partition coefficient (Wildman–Crippen LogP) is 3.07. The highest BCUT2D eigenvalue weighted by Gasteiger charge is 2.27. The van der Waals surface area contributed by atoms with E-state index in [1.807, 2.05) is 0 Å². The van der Waals surface area contributed by atoms with E-state index in [0.717, 1.165) is 74.0 Å². The van der Waals surface area contributed by atoms with E-state index in [-0.39, 0.29) is 22.7 Å². The van der Waals surface area contributed by atoms with Gasteiger partial charge in [0.1, 0.15) is 5.82 Å². The highest BCUT2D eigenvalue weighted by atomic mass is 32.2. The van der Waals surface area contributed by atoms with Gasteiger partial charge in [0.15, 0.2) is 0 Å². The van der Waals surface area contributed by atoms with E-state index in [9.17, 15) is 17.6 Å². The van der Waals surface area contributed by atoms with Crippen LogP contribution in [-0.2, 0) is 16.6 Å². The van der Waals surface area contributed by atoms with Crippen LogP contribution in [0.3, 0.4) is 0 Å². The van der Waals surface area contributed by atoms with Gasteiger partial charge in [-0.05, 0) is 61.6 Å². The lowest BCUT2D eigenvalue weighted by Crippen LogP contribution is -2.44. The molecule has 0 aromatic heterocycles. The zero-order chi connectivity index (χ0) is 24.3. The van der Waals surface area contributed by atoms with Crippen LogP contribution in [0, 0.1) is 5.82 Å². The Morgan fingerprint density at radius 1 is 1.03 bits per heavy atom. The van der Waals surface area contributed by atoms with Crippen molar-refractivity contribution in [2.24, 2.45) is 0 Å². The number of hydrogen-bond donors (Lipinski definition) is 1. The molecular weight excluding hydrogens is 455 g/mol. The van der Waals surface area contributed by atoms with Gasteiger partial charge in [-0.2, -0.15) is 0 Å². The first-order chi connectivity index (χ1) is 16.2. The minimum absolute atomic E-state index is 0.0255. The number of amides is 1. The Hall–Kier alpha value is -2.49. The molecule has 2 aliphatic rings. The lowest BCUT2D eigenvalue weighted by molar-refractivity contribution is 0.0909. The van der Waals surface area contributed by atoms with Crippen LogP contribution in [0.15, 0.2) is 47.4 Å². The van der Waals surface area contributed by atoms with E-state index in [0.29, 0.717) is 5.56 Å². The molecule has 0 bridgehead atoms. The van der Waals surface area contributed by atoms with Gasteiger partial charge in [-0.15, -0.1) is 0 Å². The van der Waals surface area contributed by atoms with Gasteiger partial charge in [0.05, 0.1) is 10.5 Å². The van der Waals surface area contributed by atoms with Crippen LogP contribution in [0.1, 0.15) is 41.6 Å². The van der Waals surface area contributed by atoms with E-state index in [1.165, 1.54) is 32.3 Å². The van der Waals surface area contributed by atoms with Crippen LogP contribution in [0.25, 0.3) is 0 Å². The molecule has 0 radical (unpaired) electrons. The van der Waals surface area contributed by atoms with E-state index >= 15 is 0 Å². The lowest BCUT2D eigenvalue weighted by atomic mass is 10.0. The molecule has 0 saturated carbocycles. The number of rotatable bonds is 7. The molecule has 0 unspecified atom stereocenters. The molecule has 0 spiro atoms. The van der Waals surface area contributed by atoms with Gasteiger partial charge in [-0.3, -0.25) is 9.69 Å². The van der Waals surface area contributed by atoms with Crippen molar-refractivity contribution in [3.8, 4) is 0 Å². The molecule has 1 amide bonds. The number of carbonyl (C=O) groups is 1. The summed E-state index contributed by atoms with van der Waals surface area (Å²) in [5, 5.41) is 3.15. The van der Waals surface area contributed by atoms with Gasteiger partial charge in [0.25, 0.3) is 5.91 Å². The number of anilines is 1. The first-order valence-electron chi connectivity index (χ1n) is 11.8. The second kappa shape index (κ2) is 10.4. The number of sulfonamides is 1. The molecule has 4 rings (SSSR count). The lowest BCUT2D eigenvalue weighted by Gasteiger charge is -2.32. The quantitative estimate of drug-likeness (QED) is 0.649. The Morgan fingerprint density at radius 3 is 2.29 bits per heavy atom. The highest BCUT2D eigenvalue weighted by molar-refractivity contribution is 7.89. The Morgan fingerprint density at radius 2 is 1.68 bits per heavy atom. The van der Waals surface area contributed by atoms with E-state index in [2.05, 4.69) is 15.1 Å². The van der Waals surface area contributed by atoms with Crippen LogP contribution in [0.2, 0.25) is 0 Å². The summed E-state index contributed by atoms with van der Waals surface area (Å²) in [5.74, 6) is -0.462. The van der Waals surface area contributed by atoms with Crippen molar-refractivity contribution in [1.29, 1.82) is 0 Å². The largest absolute Gasteiger partial charge is 0.371 e. The first kappa shape index (κ1) is 24.6.